The van der Waals surface area contributed by atoms with Crippen LogP contribution < -0.4 is 5.32 Å². The van der Waals surface area contributed by atoms with E-state index in [2.05, 4.69) is 10.3 Å². The average Bonchev–Trinajstić information content (AvgIpc) is 3.24. The molecule has 2 heterocycles. The number of thiazole rings is 1. The van der Waals surface area contributed by atoms with Crippen LogP contribution in [0.25, 0.3) is 11.3 Å². The highest BCUT2D eigenvalue weighted by Gasteiger charge is 2.31. The maximum atomic E-state index is 13.0. The van der Waals surface area contributed by atoms with Gasteiger partial charge < -0.3 is 10.2 Å². The number of carbonyl (C=O) groups excluding carboxylic acids is 1. The number of hydrogen-bond donors (Lipinski definition) is 1. The summed E-state index contributed by atoms with van der Waals surface area (Å²) in [6, 6.07) is 13.2. The Balaban J connectivity index is 1.30. The highest BCUT2D eigenvalue weighted by atomic mass is 32.2. The van der Waals surface area contributed by atoms with Crippen LogP contribution in [0.2, 0.25) is 0 Å². The molecule has 1 aliphatic heterocycles. The van der Waals surface area contributed by atoms with E-state index in [1.807, 2.05) is 62.5 Å². The van der Waals surface area contributed by atoms with E-state index < -0.39 is 10.0 Å². The molecule has 7 nitrogen and oxygen atoms in total. The van der Waals surface area contributed by atoms with Gasteiger partial charge in [-0.05, 0) is 38.0 Å². The van der Waals surface area contributed by atoms with Gasteiger partial charge in [-0.1, -0.05) is 42.0 Å². The maximum absolute atomic E-state index is 13.0. The number of nitrogens with zero attached hydrogens (tertiary/aromatic N) is 3. The van der Waals surface area contributed by atoms with Crippen LogP contribution in [0.5, 0.6) is 0 Å². The zero-order chi connectivity index (χ0) is 23.6. The predicted molar refractivity (Wildman–Crippen MR) is 131 cm³/mol. The van der Waals surface area contributed by atoms with Gasteiger partial charge in [-0.25, -0.2) is 18.2 Å². The highest BCUT2D eigenvalue weighted by Crippen LogP contribution is 2.23. The molecule has 1 fully saturated rings. The lowest BCUT2D eigenvalue weighted by molar-refractivity contribution is 0.172. The number of carbonyl (C=O) groups is 1. The molecule has 3 aromatic rings. The summed E-state index contributed by atoms with van der Waals surface area (Å²) in [5, 5.41) is 6.00. The van der Waals surface area contributed by atoms with Crippen LogP contribution in [0.3, 0.4) is 0 Å². The normalized spacial score (nSPS) is 14.9. The zero-order valence-electron chi connectivity index (χ0n) is 19.0. The summed E-state index contributed by atoms with van der Waals surface area (Å²) in [4.78, 5) is 19.1. The summed E-state index contributed by atoms with van der Waals surface area (Å²) in [7, 11) is -3.57. The van der Waals surface area contributed by atoms with Crippen molar-refractivity contribution in [3.63, 3.8) is 0 Å². The number of aromatic nitrogens is 1. The van der Waals surface area contributed by atoms with Crippen LogP contribution in [0.15, 0.2) is 52.7 Å². The van der Waals surface area contributed by atoms with Crippen LogP contribution in [-0.2, 0) is 16.6 Å². The summed E-state index contributed by atoms with van der Waals surface area (Å²) in [6.07, 6.45) is 0. The Bertz CT molecular complexity index is 1240. The molecule has 2 amide bonds. The number of rotatable bonds is 5. The Hall–Kier alpha value is -2.75. The Morgan fingerprint density at radius 3 is 2.33 bits per heavy atom. The van der Waals surface area contributed by atoms with Gasteiger partial charge in [0.25, 0.3) is 0 Å². The number of piperazine rings is 1. The monoisotopic (exact) mass is 484 g/mol. The smallest absolute Gasteiger partial charge is 0.317 e. The molecule has 0 bridgehead atoms. The fourth-order valence-electron chi connectivity index (χ4n) is 3.94. The topological polar surface area (TPSA) is 82.6 Å². The van der Waals surface area contributed by atoms with Crippen molar-refractivity contribution in [1.29, 1.82) is 0 Å². The van der Waals surface area contributed by atoms with Gasteiger partial charge in [-0.2, -0.15) is 4.31 Å². The third kappa shape index (κ3) is 5.26. The maximum Gasteiger partial charge on any atom is 0.317 e. The van der Waals surface area contributed by atoms with E-state index in [4.69, 9.17) is 0 Å². The van der Waals surface area contributed by atoms with Gasteiger partial charge in [0.2, 0.25) is 10.0 Å². The summed E-state index contributed by atoms with van der Waals surface area (Å²) in [5.41, 5.74) is 4.78. The van der Waals surface area contributed by atoms with E-state index in [1.54, 1.807) is 22.3 Å². The Labute approximate surface area is 199 Å². The summed E-state index contributed by atoms with van der Waals surface area (Å²) in [6.45, 7) is 7.43. The fraction of sp³-hybridized carbons (Fsp3) is 0.333. The van der Waals surface area contributed by atoms with Crippen LogP contribution in [-0.4, -0.2) is 54.8 Å². The van der Waals surface area contributed by atoms with Crippen LogP contribution in [0, 0.1) is 20.8 Å². The van der Waals surface area contributed by atoms with Crippen molar-refractivity contribution in [2.75, 3.05) is 26.2 Å². The second-order valence-corrected chi connectivity index (χ2v) is 11.2. The number of nitrogens with one attached hydrogen (secondary N) is 1. The second-order valence-electron chi connectivity index (χ2n) is 8.27. The molecule has 174 valence electrons. The minimum atomic E-state index is -3.57. The molecular weight excluding hydrogens is 456 g/mol. The average molecular weight is 485 g/mol. The van der Waals surface area contributed by atoms with Crippen molar-refractivity contribution >= 4 is 27.4 Å². The molecule has 33 heavy (non-hydrogen) atoms. The molecule has 0 atom stereocenters. The van der Waals surface area contributed by atoms with Crippen molar-refractivity contribution in [2.24, 2.45) is 0 Å². The lowest BCUT2D eigenvalue weighted by atomic mass is 10.1. The van der Waals surface area contributed by atoms with Gasteiger partial charge in [0.1, 0.15) is 0 Å². The first-order valence-corrected chi connectivity index (χ1v) is 13.2. The lowest BCUT2D eigenvalue weighted by Crippen LogP contribution is -2.53. The first kappa shape index (κ1) is 23.4. The lowest BCUT2D eigenvalue weighted by Gasteiger charge is -2.34. The van der Waals surface area contributed by atoms with Gasteiger partial charge in [-0.3, -0.25) is 0 Å². The van der Waals surface area contributed by atoms with Gasteiger partial charge in [0, 0.05) is 43.7 Å². The predicted octanol–water partition coefficient (Wildman–Crippen LogP) is 3.95. The molecule has 9 heteroatoms. The SMILES string of the molecule is Cc1ccc(S(=O)(=O)N2CCN(C(=O)NCc3ccc(-c4csc(C)n4)cc3)CC2)c(C)c1. The van der Waals surface area contributed by atoms with E-state index in [1.165, 1.54) is 4.31 Å². The van der Waals surface area contributed by atoms with E-state index >= 15 is 0 Å². The molecule has 1 aromatic heterocycles. The third-order valence-corrected chi connectivity index (χ3v) is 8.62. The summed E-state index contributed by atoms with van der Waals surface area (Å²) < 4.78 is 27.5. The van der Waals surface area contributed by atoms with Crippen molar-refractivity contribution in [1.82, 2.24) is 19.5 Å². The van der Waals surface area contributed by atoms with Crippen molar-refractivity contribution in [3.05, 3.63) is 69.5 Å². The molecule has 1 aliphatic rings. The number of sulfonamides is 1. The minimum Gasteiger partial charge on any atom is -0.334 e. The largest absolute Gasteiger partial charge is 0.334 e. The number of amides is 2. The van der Waals surface area contributed by atoms with Crippen molar-refractivity contribution < 1.29 is 13.2 Å². The summed E-state index contributed by atoms with van der Waals surface area (Å²) in [5.74, 6) is 0. The summed E-state index contributed by atoms with van der Waals surface area (Å²) >= 11 is 1.62. The molecule has 1 saturated heterocycles. The first-order valence-electron chi connectivity index (χ1n) is 10.9. The van der Waals surface area contributed by atoms with E-state index in [0.29, 0.717) is 24.5 Å². The second kappa shape index (κ2) is 9.62. The van der Waals surface area contributed by atoms with Crippen molar-refractivity contribution in [2.45, 2.75) is 32.2 Å². The molecule has 0 radical (unpaired) electrons. The van der Waals surface area contributed by atoms with Gasteiger partial charge >= 0.3 is 6.03 Å². The quantitative estimate of drug-likeness (QED) is 0.594. The highest BCUT2D eigenvalue weighted by molar-refractivity contribution is 7.89. The Morgan fingerprint density at radius 2 is 1.73 bits per heavy atom. The first-order chi connectivity index (χ1) is 15.7. The Morgan fingerprint density at radius 1 is 1.03 bits per heavy atom. The molecule has 0 unspecified atom stereocenters. The minimum absolute atomic E-state index is 0.183. The molecular formula is C24H28N4O3S2. The molecule has 4 rings (SSSR count). The fourth-order valence-corrected chi connectivity index (χ4v) is 6.19. The van der Waals surface area contributed by atoms with Gasteiger partial charge in [-0.15, -0.1) is 11.3 Å². The molecule has 2 aromatic carbocycles. The third-order valence-electron chi connectivity index (χ3n) is 5.79. The van der Waals surface area contributed by atoms with E-state index in [-0.39, 0.29) is 19.1 Å². The number of benzene rings is 2. The number of hydrogen-bond acceptors (Lipinski definition) is 5. The number of urea groups is 1. The zero-order valence-corrected chi connectivity index (χ0v) is 20.7. The van der Waals surface area contributed by atoms with Gasteiger partial charge in [0.05, 0.1) is 15.6 Å². The molecule has 0 saturated carbocycles. The standard InChI is InChI=1S/C24H28N4O3S2/c1-17-4-9-23(18(2)14-17)33(30,31)28-12-10-27(11-13-28)24(29)25-15-20-5-7-21(8-6-20)22-16-32-19(3)26-22/h4-9,14,16H,10-13,15H2,1-3H3,(H,25,29). The van der Waals surface area contributed by atoms with E-state index in [0.717, 1.165) is 33.0 Å². The van der Waals surface area contributed by atoms with E-state index in [9.17, 15) is 13.2 Å². The molecule has 0 spiro atoms. The van der Waals surface area contributed by atoms with Crippen LogP contribution >= 0.6 is 11.3 Å². The molecule has 0 aliphatic carbocycles. The van der Waals surface area contributed by atoms with Gasteiger partial charge in [0.15, 0.2) is 0 Å². The molecule has 1 N–H and O–H groups in total. The number of aryl methyl sites for hydroxylation is 3. The Kier molecular flexibility index (Phi) is 6.83. The van der Waals surface area contributed by atoms with Crippen LogP contribution in [0.1, 0.15) is 21.7 Å². The van der Waals surface area contributed by atoms with Crippen LogP contribution in [0.4, 0.5) is 4.79 Å². The van der Waals surface area contributed by atoms with Crippen molar-refractivity contribution in [3.8, 4) is 11.3 Å².